The number of nitrogen functional groups attached to an aromatic ring is 1. The van der Waals surface area contributed by atoms with Crippen molar-refractivity contribution in [3.05, 3.63) is 52.0 Å². The molecule has 0 fully saturated rings. The van der Waals surface area contributed by atoms with Gasteiger partial charge in [0.05, 0.1) is 21.4 Å². The van der Waals surface area contributed by atoms with Gasteiger partial charge in [0.2, 0.25) is 0 Å². The zero-order valence-electron chi connectivity index (χ0n) is 11.3. The van der Waals surface area contributed by atoms with Crippen LogP contribution >= 0.6 is 23.2 Å². The Bertz CT molecular complexity index is 654. The summed E-state index contributed by atoms with van der Waals surface area (Å²) in [5.74, 6) is 0.166. The molecule has 0 bridgehead atoms. The van der Waals surface area contributed by atoms with E-state index in [1.807, 2.05) is 19.1 Å². The predicted octanol–water partition coefficient (Wildman–Crippen LogP) is 3.90. The Morgan fingerprint density at radius 2 is 2.00 bits per heavy atom. The van der Waals surface area contributed by atoms with Crippen LogP contribution in [0.1, 0.15) is 5.56 Å². The number of amides is 1. The molecule has 2 aromatic rings. The third-order valence-electron chi connectivity index (χ3n) is 2.83. The molecule has 0 heterocycles. The predicted molar refractivity (Wildman–Crippen MR) is 86.2 cm³/mol. The lowest BCUT2D eigenvalue weighted by molar-refractivity contribution is -0.118. The fourth-order valence-electron chi connectivity index (χ4n) is 1.75. The van der Waals surface area contributed by atoms with Gasteiger partial charge in [-0.3, -0.25) is 4.79 Å². The normalized spacial score (nSPS) is 10.2. The van der Waals surface area contributed by atoms with Crippen LogP contribution in [0.5, 0.6) is 5.75 Å². The van der Waals surface area contributed by atoms with Gasteiger partial charge in [-0.05, 0) is 30.7 Å². The third kappa shape index (κ3) is 4.03. The molecule has 0 saturated carbocycles. The van der Waals surface area contributed by atoms with Crippen molar-refractivity contribution in [1.82, 2.24) is 0 Å². The lowest BCUT2D eigenvalue weighted by atomic mass is 10.1. The maximum Gasteiger partial charge on any atom is 0.262 e. The molecule has 0 spiro atoms. The summed E-state index contributed by atoms with van der Waals surface area (Å²) in [7, 11) is 0. The molecule has 0 aliphatic heterocycles. The van der Waals surface area contributed by atoms with E-state index in [1.54, 1.807) is 24.3 Å². The second-order valence-corrected chi connectivity index (χ2v) is 5.27. The van der Waals surface area contributed by atoms with Crippen molar-refractivity contribution in [1.29, 1.82) is 0 Å². The van der Waals surface area contributed by atoms with Gasteiger partial charge in [-0.15, -0.1) is 0 Å². The summed E-state index contributed by atoms with van der Waals surface area (Å²) in [6.45, 7) is 1.72. The molecule has 0 aromatic heterocycles. The number of hydrogen-bond acceptors (Lipinski definition) is 3. The van der Waals surface area contributed by atoms with Gasteiger partial charge in [-0.25, -0.2) is 0 Å². The Balaban J connectivity index is 1.97. The monoisotopic (exact) mass is 324 g/mol. The molecule has 21 heavy (non-hydrogen) atoms. The third-order valence-corrected chi connectivity index (χ3v) is 3.57. The van der Waals surface area contributed by atoms with Crippen LogP contribution in [0.4, 0.5) is 11.4 Å². The Labute approximate surface area is 132 Å². The van der Waals surface area contributed by atoms with E-state index in [0.717, 1.165) is 5.56 Å². The number of para-hydroxylation sites is 1. The maximum atomic E-state index is 11.9. The van der Waals surface area contributed by atoms with E-state index in [4.69, 9.17) is 33.7 Å². The van der Waals surface area contributed by atoms with E-state index in [0.29, 0.717) is 27.2 Å². The summed E-state index contributed by atoms with van der Waals surface area (Å²) < 4.78 is 5.36. The molecule has 4 nitrogen and oxygen atoms in total. The van der Waals surface area contributed by atoms with E-state index in [1.165, 1.54) is 0 Å². The number of nitrogens with two attached hydrogens (primary N) is 1. The van der Waals surface area contributed by atoms with Crippen LogP contribution in [0.15, 0.2) is 36.4 Å². The average Bonchev–Trinajstić information content (AvgIpc) is 2.44. The smallest absolute Gasteiger partial charge is 0.262 e. The highest BCUT2D eigenvalue weighted by Crippen LogP contribution is 2.26. The van der Waals surface area contributed by atoms with Crippen molar-refractivity contribution < 1.29 is 9.53 Å². The van der Waals surface area contributed by atoms with E-state index in [2.05, 4.69) is 5.32 Å². The molecule has 0 aliphatic carbocycles. The van der Waals surface area contributed by atoms with Crippen molar-refractivity contribution in [3.8, 4) is 5.75 Å². The molecule has 0 atom stereocenters. The quantitative estimate of drug-likeness (QED) is 0.838. The molecule has 2 rings (SSSR count). The number of carbonyl (C=O) groups is 1. The first-order valence-corrected chi connectivity index (χ1v) is 6.96. The standard InChI is InChI=1S/C15H14Cl2N2O2/c1-9-3-2-4-13(18)15(9)19-14(20)8-21-10-5-6-11(16)12(17)7-10/h2-7H,8,18H2,1H3,(H,19,20). The molecule has 0 radical (unpaired) electrons. The highest BCUT2D eigenvalue weighted by molar-refractivity contribution is 6.42. The number of benzene rings is 2. The molecule has 0 saturated heterocycles. The molecule has 3 N–H and O–H groups in total. The van der Waals surface area contributed by atoms with Gasteiger partial charge in [0, 0.05) is 6.07 Å². The molecule has 6 heteroatoms. The van der Waals surface area contributed by atoms with E-state index in [-0.39, 0.29) is 12.5 Å². The molecule has 110 valence electrons. The van der Waals surface area contributed by atoms with Gasteiger partial charge in [-0.2, -0.15) is 0 Å². The van der Waals surface area contributed by atoms with Gasteiger partial charge in [0.25, 0.3) is 5.91 Å². The highest BCUT2D eigenvalue weighted by Gasteiger charge is 2.09. The van der Waals surface area contributed by atoms with Crippen molar-refractivity contribution in [2.24, 2.45) is 0 Å². The molecular weight excluding hydrogens is 311 g/mol. The molecule has 0 aliphatic rings. The van der Waals surface area contributed by atoms with E-state index < -0.39 is 0 Å². The van der Waals surface area contributed by atoms with Crippen LogP contribution in [0.3, 0.4) is 0 Å². The Hall–Kier alpha value is -1.91. The van der Waals surface area contributed by atoms with Gasteiger partial charge < -0.3 is 15.8 Å². The van der Waals surface area contributed by atoms with Crippen molar-refractivity contribution >= 4 is 40.5 Å². The highest BCUT2D eigenvalue weighted by atomic mass is 35.5. The Morgan fingerprint density at radius 3 is 2.67 bits per heavy atom. The zero-order valence-corrected chi connectivity index (χ0v) is 12.8. The SMILES string of the molecule is Cc1cccc(N)c1NC(=O)COc1ccc(Cl)c(Cl)c1. The minimum absolute atomic E-state index is 0.147. The van der Waals surface area contributed by atoms with Crippen LogP contribution in [0, 0.1) is 6.92 Å². The van der Waals surface area contributed by atoms with Gasteiger partial charge >= 0.3 is 0 Å². The summed E-state index contributed by atoms with van der Waals surface area (Å²) in [6.07, 6.45) is 0. The summed E-state index contributed by atoms with van der Waals surface area (Å²) >= 11 is 11.7. The Morgan fingerprint density at radius 1 is 1.24 bits per heavy atom. The Kier molecular flexibility index (Phi) is 4.94. The molecule has 1 amide bonds. The van der Waals surface area contributed by atoms with Gasteiger partial charge in [-0.1, -0.05) is 35.3 Å². The first-order chi connectivity index (χ1) is 9.97. The van der Waals surface area contributed by atoms with Crippen LogP contribution in [-0.2, 0) is 4.79 Å². The summed E-state index contributed by atoms with van der Waals surface area (Å²) in [5, 5.41) is 3.53. The number of halogens is 2. The first kappa shape index (κ1) is 15.5. The van der Waals surface area contributed by atoms with E-state index >= 15 is 0 Å². The van der Waals surface area contributed by atoms with Crippen molar-refractivity contribution in [2.75, 3.05) is 17.7 Å². The summed E-state index contributed by atoms with van der Waals surface area (Å²) in [5.41, 5.74) is 7.82. The second-order valence-electron chi connectivity index (χ2n) is 4.45. The van der Waals surface area contributed by atoms with Gasteiger partial charge in [0.15, 0.2) is 6.61 Å². The number of carbonyl (C=O) groups excluding carboxylic acids is 1. The van der Waals surface area contributed by atoms with Crippen LogP contribution in [0.25, 0.3) is 0 Å². The first-order valence-electron chi connectivity index (χ1n) is 6.20. The van der Waals surface area contributed by atoms with Crippen molar-refractivity contribution in [3.63, 3.8) is 0 Å². The largest absolute Gasteiger partial charge is 0.484 e. The van der Waals surface area contributed by atoms with Crippen molar-refractivity contribution in [2.45, 2.75) is 6.92 Å². The van der Waals surface area contributed by atoms with Crippen LogP contribution in [0.2, 0.25) is 10.0 Å². The fraction of sp³-hybridized carbons (Fsp3) is 0.133. The molecule has 2 aromatic carbocycles. The fourth-order valence-corrected chi connectivity index (χ4v) is 2.04. The zero-order chi connectivity index (χ0) is 15.4. The minimum Gasteiger partial charge on any atom is -0.484 e. The average molecular weight is 325 g/mol. The number of rotatable bonds is 4. The van der Waals surface area contributed by atoms with Gasteiger partial charge in [0.1, 0.15) is 5.75 Å². The molecular formula is C15H14Cl2N2O2. The summed E-state index contributed by atoms with van der Waals surface area (Å²) in [4.78, 5) is 11.9. The number of hydrogen-bond donors (Lipinski definition) is 2. The van der Waals surface area contributed by atoms with Crippen LogP contribution < -0.4 is 15.8 Å². The lowest BCUT2D eigenvalue weighted by Gasteiger charge is -2.12. The van der Waals surface area contributed by atoms with Crippen LogP contribution in [-0.4, -0.2) is 12.5 Å². The summed E-state index contributed by atoms with van der Waals surface area (Å²) in [6, 6.07) is 10.2. The maximum absolute atomic E-state index is 11.9. The molecule has 0 unspecified atom stereocenters. The van der Waals surface area contributed by atoms with E-state index in [9.17, 15) is 4.79 Å². The lowest BCUT2D eigenvalue weighted by Crippen LogP contribution is -2.21. The number of ether oxygens (including phenoxy) is 1. The number of anilines is 2. The number of nitrogens with one attached hydrogen (secondary N) is 1. The second kappa shape index (κ2) is 6.70. The minimum atomic E-state index is -0.304. The number of aryl methyl sites for hydroxylation is 1. The topological polar surface area (TPSA) is 64.3 Å².